The van der Waals surface area contributed by atoms with Gasteiger partial charge in [0.05, 0.1) is 26.4 Å². The van der Waals surface area contributed by atoms with Crippen molar-refractivity contribution in [2.45, 2.75) is 51.5 Å². The number of esters is 1. The van der Waals surface area contributed by atoms with Crippen molar-refractivity contribution in [3.63, 3.8) is 0 Å². The Morgan fingerprint density at radius 1 is 0.778 bits per heavy atom. The fourth-order valence-electron chi connectivity index (χ4n) is 5.85. The van der Waals surface area contributed by atoms with Gasteiger partial charge >= 0.3 is 5.97 Å². The Balaban J connectivity index is 1.07. The van der Waals surface area contributed by atoms with Crippen molar-refractivity contribution < 1.29 is 19.0 Å². The summed E-state index contributed by atoms with van der Waals surface area (Å²) < 4.78 is 16.4. The molecule has 0 bridgehead atoms. The molecule has 0 aromatic heterocycles. The maximum absolute atomic E-state index is 11.4. The molecule has 0 radical (unpaired) electrons. The van der Waals surface area contributed by atoms with Gasteiger partial charge in [-0.1, -0.05) is 111 Å². The van der Waals surface area contributed by atoms with E-state index in [1.165, 1.54) is 55.9 Å². The van der Waals surface area contributed by atoms with Gasteiger partial charge in [0.25, 0.3) is 0 Å². The van der Waals surface area contributed by atoms with Crippen LogP contribution in [0.2, 0.25) is 0 Å². The van der Waals surface area contributed by atoms with Crippen LogP contribution in [0.3, 0.4) is 0 Å². The third kappa shape index (κ3) is 11.5. The largest absolute Gasteiger partial charge is 0.493 e. The first-order valence-corrected chi connectivity index (χ1v) is 16.6. The molecule has 1 saturated heterocycles. The lowest BCUT2D eigenvalue weighted by Gasteiger charge is -2.39. The van der Waals surface area contributed by atoms with Crippen molar-refractivity contribution in [3.05, 3.63) is 114 Å². The minimum absolute atomic E-state index is 0.328. The molecule has 1 heterocycles. The monoisotopic (exact) mass is 610 g/mol. The number of ether oxygens (including phenoxy) is 3. The number of carbonyl (C=O) groups excluding carboxylic acids is 1. The Morgan fingerprint density at radius 2 is 1.42 bits per heavy atom. The highest BCUT2D eigenvalue weighted by atomic mass is 16.5. The van der Waals surface area contributed by atoms with Crippen LogP contribution >= 0.6 is 0 Å². The summed E-state index contributed by atoms with van der Waals surface area (Å²) in [6, 6.07) is 28.1. The number of hydrogen-bond acceptors (Lipinski definition) is 6. The van der Waals surface area contributed by atoms with Gasteiger partial charge < -0.3 is 19.1 Å². The molecule has 3 aromatic carbocycles. The smallest absolute Gasteiger partial charge is 0.330 e. The topological polar surface area (TPSA) is 51.2 Å². The van der Waals surface area contributed by atoms with Crippen LogP contribution in [0.5, 0.6) is 11.5 Å². The number of nitrogens with zero attached hydrogens (tertiary/aromatic N) is 2. The molecule has 0 N–H and O–H groups in total. The van der Waals surface area contributed by atoms with Crippen LogP contribution in [-0.2, 0) is 9.53 Å². The van der Waals surface area contributed by atoms with E-state index < -0.39 is 0 Å². The van der Waals surface area contributed by atoms with E-state index in [4.69, 9.17) is 14.2 Å². The van der Waals surface area contributed by atoms with Gasteiger partial charge in [0.1, 0.15) is 0 Å². The zero-order chi connectivity index (χ0) is 31.5. The molecule has 6 nitrogen and oxygen atoms in total. The van der Waals surface area contributed by atoms with E-state index in [1.807, 2.05) is 24.3 Å². The van der Waals surface area contributed by atoms with Crippen LogP contribution in [0, 0.1) is 0 Å². The van der Waals surface area contributed by atoms with Gasteiger partial charge in [-0.25, -0.2) is 4.79 Å². The van der Waals surface area contributed by atoms with Crippen LogP contribution < -0.4 is 9.47 Å². The number of hydrogen-bond donors (Lipinski definition) is 0. The first kappa shape index (κ1) is 34.0. The Bertz CT molecular complexity index is 1280. The van der Waals surface area contributed by atoms with Crippen molar-refractivity contribution >= 4 is 12.0 Å². The molecule has 3 aromatic rings. The lowest BCUT2D eigenvalue weighted by atomic mass is 9.96. The summed E-state index contributed by atoms with van der Waals surface area (Å²) in [4.78, 5) is 16.7. The van der Waals surface area contributed by atoms with Crippen LogP contribution in [0.15, 0.2) is 97.1 Å². The van der Waals surface area contributed by atoms with Crippen molar-refractivity contribution in [2.75, 3.05) is 53.0 Å². The SMILES string of the molecule is CCOC(=O)C=CC=Cc1ccc(OCCCCCCCCN2CCN(C(c3ccccc3)c3ccccc3)CC2)c(OC)c1. The van der Waals surface area contributed by atoms with Gasteiger partial charge in [-0.3, -0.25) is 4.90 Å². The van der Waals surface area contributed by atoms with Crippen molar-refractivity contribution in [2.24, 2.45) is 0 Å². The van der Waals surface area contributed by atoms with Gasteiger partial charge in [-0.05, 0) is 55.1 Å². The van der Waals surface area contributed by atoms with Crippen LogP contribution in [0.4, 0.5) is 0 Å². The molecular formula is C39H50N2O4. The highest BCUT2D eigenvalue weighted by molar-refractivity contribution is 5.82. The minimum Gasteiger partial charge on any atom is -0.493 e. The van der Waals surface area contributed by atoms with Gasteiger partial charge in [0.2, 0.25) is 0 Å². The molecule has 240 valence electrons. The third-order valence-corrected chi connectivity index (χ3v) is 8.24. The Morgan fingerprint density at radius 3 is 2.07 bits per heavy atom. The van der Waals surface area contributed by atoms with Crippen molar-refractivity contribution in [3.8, 4) is 11.5 Å². The summed E-state index contributed by atoms with van der Waals surface area (Å²) in [5, 5.41) is 0. The first-order valence-electron chi connectivity index (χ1n) is 16.6. The van der Waals surface area contributed by atoms with E-state index >= 15 is 0 Å². The molecule has 45 heavy (non-hydrogen) atoms. The third-order valence-electron chi connectivity index (χ3n) is 8.24. The van der Waals surface area contributed by atoms with Gasteiger partial charge in [-0.2, -0.15) is 0 Å². The van der Waals surface area contributed by atoms with E-state index in [2.05, 4.69) is 70.5 Å². The zero-order valence-electron chi connectivity index (χ0n) is 27.1. The second-order valence-electron chi connectivity index (χ2n) is 11.5. The zero-order valence-corrected chi connectivity index (χ0v) is 27.1. The summed E-state index contributed by atoms with van der Waals surface area (Å²) in [6.45, 7) is 8.53. The van der Waals surface area contributed by atoms with Crippen LogP contribution in [0.25, 0.3) is 6.08 Å². The first-order chi connectivity index (χ1) is 22.2. The summed E-state index contributed by atoms with van der Waals surface area (Å²) in [6.07, 6.45) is 14.1. The maximum Gasteiger partial charge on any atom is 0.330 e. The lowest BCUT2D eigenvalue weighted by molar-refractivity contribution is -0.137. The highest BCUT2D eigenvalue weighted by Crippen LogP contribution is 2.30. The number of benzene rings is 3. The predicted molar refractivity (Wildman–Crippen MR) is 184 cm³/mol. The van der Waals surface area contributed by atoms with E-state index in [9.17, 15) is 4.79 Å². The average molecular weight is 611 g/mol. The molecule has 0 amide bonds. The Labute approximate surface area is 270 Å². The van der Waals surface area contributed by atoms with Crippen LogP contribution in [0.1, 0.15) is 68.2 Å². The second-order valence-corrected chi connectivity index (χ2v) is 11.5. The normalized spacial score (nSPS) is 14.4. The number of unbranched alkanes of at least 4 members (excludes halogenated alkanes) is 5. The second kappa shape index (κ2) is 19.5. The lowest BCUT2D eigenvalue weighted by Crippen LogP contribution is -2.48. The summed E-state index contributed by atoms with van der Waals surface area (Å²) in [5.41, 5.74) is 3.73. The molecule has 0 aliphatic carbocycles. The molecule has 0 spiro atoms. The average Bonchev–Trinajstić information content (AvgIpc) is 3.08. The van der Waals surface area contributed by atoms with Crippen molar-refractivity contribution in [1.82, 2.24) is 9.80 Å². The molecule has 0 atom stereocenters. The maximum atomic E-state index is 11.4. The summed E-state index contributed by atoms with van der Waals surface area (Å²) >= 11 is 0. The van der Waals surface area contributed by atoms with Crippen LogP contribution in [-0.4, -0.2) is 68.8 Å². The molecule has 6 heteroatoms. The van der Waals surface area contributed by atoms with Gasteiger partial charge in [-0.15, -0.1) is 0 Å². The highest BCUT2D eigenvalue weighted by Gasteiger charge is 2.26. The minimum atomic E-state index is -0.343. The quantitative estimate of drug-likeness (QED) is 0.0631. The molecule has 1 fully saturated rings. The summed E-state index contributed by atoms with van der Waals surface area (Å²) in [5.74, 6) is 1.13. The standard InChI is InChI=1S/C39H50N2O4/c1-3-44-38(42)23-15-14-18-33-24-25-36(37(32-33)43-2)45-31-17-7-5-4-6-16-26-40-27-29-41(30-28-40)39(34-19-10-8-11-20-34)35-21-12-9-13-22-35/h8-15,18-25,32,39H,3-7,16-17,26-31H2,1-2H3. The fraction of sp³-hybridized carbons (Fsp3) is 0.410. The predicted octanol–water partition coefficient (Wildman–Crippen LogP) is 7.95. The number of rotatable bonds is 18. The molecule has 4 rings (SSSR count). The molecule has 1 aliphatic rings. The Hall–Kier alpha value is -3.87. The van der Waals surface area contributed by atoms with E-state index in [1.54, 1.807) is 26.2 Å². The molecule has 0 unspecified atom stereocenters. The van der Waals surface area contributed by atoms with Gasteiger partial charge in [0, 0.05) is 32.3 Å². The van der Waals surface area contributed by atoms with E-state index in [-0.39, 0.29) is 5.97 Å². The van der Waals surface area contributed by atoms with E-state index in [0.717, 1.165) is 43.9 Å². The number of carbonyl (C=O) groups is 1. The fourth-order valence-corrected chi connectivity index (χ4v) is 5.85. The van der Waals surface area contributed by atoms with E-state index in [0.29, 0.717) is 25.0 Å². The van der Waals surface area contributed by atoms with Crippen molar-refractivity contribution in [1.29, 1.82) is 0 Å². The number of allylic oxidation sites excluding steroid dienone is 2. The molecular weight excluding hydrogens is 560 g/mol. The van der Waals surface area contributed by atoms with Gasteiger partial charge in [0.15, 0.2) is 11.5 Å². The number of methoxy groups -OCH3 is 1. The molecule has 0 saturated carbocycles. The summed E-state index contributed by atoms with van der Waals surface area (Å²) in [7, 11) is 1.66. The number of piperazine rings is 1. The Kier molecular flexibility index (Phi) is 14.7. The molecule has 1 aliphatic heterocycles.